The Balaban J connectivity index is 1.87. The van der Waals surface area contributed by atoms with Crippen LogP contribution in [0.3, 0.4) is 0 Å². The fourth-order valence-corrected chi connectivity index (χ4v) is 3.58. The molecule has 3 aromatic rings. The first-order chi connectivity index (χ1) is 12.6. The van der Waals surface area contributed by atoms with E-state index in [4.69, 9.17) is 16.1 Å². The van der Waals surface area contributed by atoms with Crippen LogP contribution in [0.5, 0.6) is 0 Å². The third-order valence-corrected chi connectivity index (χ3v) is 5.00. The molecule has 2 N–H and O–H groups in total. The minimum atomic E-state index is -3.81. The molecule has 0 spiro atoms. The van der Waals surface area contributed by atoms with Gasteiger partial charge in [0.15, 0.2) is 11.5 Å². The zero-order chi connectivity index (χ0) is 19.8. The number of carbonyl (C=O) groups is 2. The lowest BCUT2D eigenvalue weighted by molar-refractivity contribution is 0.0683. The molecule has 3 aromatic heterocycles. The molecule has 10 nitrogen and oxygen atoms in total. The number of hydrogen-bond donors (Lipinski definition) is 2. The van der Waals surface area contributed by atoms with Gasteiger partial charge in [-0.15, -0.1) is 11.3 Å². The van der Waals surface area contributed by atoms with E-state index in [1.807, 2.05) is 0 Å². The summed E-state index contributed by atoms with van der Waals surface area (Å²) in [4.78, 5) is 24.0. The van der Waals surface area contributed by atoms with Gasteiger partial charge < -0.3 is 9.63 Å². The maximum Gasteiger partial charge on any atom is 0.354 e. The van der Waals surface area contributed by atoms with Crippen LogP contribution in [0.4, 0.5) is 0 Å². The van der Waals surface area contributed by atoms with Crippen molar-refractivity contribution in [2.75, 3.05) is 6.26 Å². The van der Waals surface area contributed by atoms with Crippen molar-refractivity contribution in [3.63, 3.8) is 0 Å². The molecule has 0 saturated carbocycles. The van der Waals surface area contributed by atoms with E-state index in [-0.39, 0.29) is 17.9 Å². The topological polar surface area (TPSA) is 144 Å². The Labute approximate surface area is 161 Å². The van der Waals surface area contributed by atoms with Crippen molar-refractivity contribution in [3.05, 3.63) is 45.7 Å². The molecule has 0 bridgehead atoms. The highest BCUT2D eigenvalue weighted by molar-refractivity contribution is 7.89. The number of halogens is 1. The van der Waals surface area contributed by atoms with Crippen molar-refractivity contribution in [2.45, 2.75) is 6.54 Å². The zero-order valence-electron chi connectivity index (χ0n) is 13.5. The van der Waals surface area contributed by atoms with E-state index in [2.05, 4.69) is 10.3 Å². The van der Waals surface area contributed by atoms with Gasteiger partial charge in [0, 0.05) is 12.1 Å². The number of aromatic nitrogens is 3. The first-order valence-corrected chi connectivity index (χ1v) is 10.3. The Bertz CT molecular complexity index is 1130. The molecular formula is C14H11ClN4O6S2. The standard InChI is InChI=1S/C14H11ClN4O6S2/c1-27(23,24)18-13(20)8-5-9(14(21)22)19(16-8)6-7-4-10(25-17-7)11-2-3-12(15)26-11/h2-5H,6H2,1H3,(H,18,20)(H,21,22). The molecule has 0 aromatic carbocycles. The molecule has 0 aliphatic carbocycles. The van der Waals surface area contributed by atoms with E-state index in [9.17, 15) is 23.1 Å². The van der Waals surface area contributed by atoms with Gasteiger partial charge in [0.2, 0.25) is 10.0 Å². The molecular weight excluding hydrogens is 420 g/mol. The molecule has 0 radical (unpaired) electrons. The summed E-state index contributed by atoms with van der Waals surface area (Å²) >= 11 is 7.16. The number of rotatable bonds is 6. The number of thiophene rings is 1. The molecule has 13 heteroatoms. The molecule has 0 aliphatic heterocycles. The quantitative estimate of drug-likeness (QED) is 0.600. The molecule has 0 fully saturated rings. The zero-order valence-corrected chi connectivity index (χ0v) is 15.9. The van der Waals surface area contributed by atoms with Crippen LogP contribution in [0, 0.1) is 0 Å². The van der Waals surface area contributed by atoms with E-state index >= 15 is 0 Å². The fraction of sp³-hybridized carbons (Fsp3) is 0.143. The lowest BCUT2D eigenvalue weighted by atomic mass is 10.3. The maximum atomic E-state index is 11.9. The van der Waals surface area contributed by atoms with Gasteiger partial charge in [-0.2, -0.15) is 5.10 Å². The number of sulfonamides is 1. The van der Waals surface area contributed by atoms with Crippen LogP contribution in [-0.4, -0.2) is 46.6 Å². The fourth-order valence-electron chi connectivity index (χ4n) is 2.14. The van der Waals surface area contributed by atoms with Crippen LogP contribution in [0.15, 0.2) is 28.8 Å². The van der Waals surface area contributed by atoms with Crippen molar-refractivity contribution in [1.82, 2.24) is 19.7 Å². The number of carboxylic acids is 1. The first-order valence-electron chi connectivity index (χ1n) is 7.17. The van der Waals surface area contributed by atoms with Crippen LogP contribution in [0.1, 0.15) is 26.7 Å². The molecule has 0 saturated heterocycles. The summed E-state index contributed by atoms with van der Waals surface area (Å²) < 4.78 is 30.8. The second kappa shape index (κ2) is 7.13. The van der Waals surface area contributed by atoms with Crippen LogP contribution in [-0.2, 0) is 16.6 Å². The second-order valence-electron chi connectivity index (χ2n) is 5.37. The van der Waals surface area contributed by atoms with Gasteiger partial charge in [-0.25, -0.2) is 17.9 Å². The Morgan fingerprint density at radius 1 is 1.37 bits per heavy atom. The average molecular weight is 431 g/mol. The summed E-state index contributed by atoms with van der Waals surface area (Å²) in [7, 11) is -3.81. The summed E-state index contributed by atoms with van der Waals surface area (Å²) in [5, 5.41) is 17.0. The van der Waals surface area contributed by atoms with Crippen molar-refractivity contribution in [1.29, 1.82) is 0 Å². The highest BCUT2D eigenvalue weighted by atomic mass is 35.5. The van der Waals surface area contributed by atoms with Crippen LogP contribution in [0.2, 0.25) is 4.34 Å². The van der Waals surface area contributed by atoms with E-state index < -0.39 is 21.9 Å². The number of nitrogens with zero attached hydrogens (tertiary/aromatic N) is 3. The van der Waals surface area contributed by atoms with Gasteiger partial charge in [-0.05, 0) is 12.1 Å². The molecule has 0 aliphatic rings. The lowest BCUT2D eigenvalue weighted by Gasteiger charge is -2.01. The van der Waals surface area contributed by atoms with Crippen molar-refractivity contribution < 1.29 is 27.6 Å². The summed E-state index contributed by atoms with van der Waals surface area (Å²) in [6.07, 6.45) is 0.799. The van der Waals surface area contributed by atoms with Crippen LogP contribution in [0.25, 0.3) is 10.6 Å². The Morgan fingerprint density at radius 3 is 2.70 bits per heavy atom. The second-order valence-corrected chi connectivity index (χ2v) is 8.83. The van der Waals surface area contributed by atoms with Crippen molar-refractivity contribution in [3.8, 4) is 10.6 Å². The van der Waals surface area contributed by atoms with Gasteiger partial charge in [0.25, 0.3) is 5.91 Å². The molecule has 1 amide bonds. The van der Waals surface area contributed by atoms with Gasteiger partial charge in [-0.1, -0.05) is 16.8 Å². The normalized spacial score (nSPS) is 11.5. The third kappa shape index (κ3) is 4.53. The highest BCUT2D eigenvalue weighted by Crippen LogP contribution is 2.31. The van der Waals surface area contributed by atoms with Gasteiger partial charge in [-0.3, -0.25) is 9.48 Å². The minimum absolute atomic E-state index is 0.101. The number of carboxylic acid groups (broad SMARTS) is 1. The van der Waals surface area contributed by atoms with Crippen LogP contribution < -0.4 is 4.72 Å². The summed E-state index contributed by atoms with van der Waals surface area (Å²) in [6, 6.07) is 6.02. The molecule has 142 valence electrons. The van der Waals surface area contributed by atoms with Gasteiger partial charge in [0.1, 0.15) is 11.4 Å². The van der Waals surface area contributed by atoms with Crippen LogP contribution >= 0.6 is 22.9 Å². The monoisotopic (exact) mass is 430 g/mol. The maximum absolute atomic E-state index is 11.9. The number of amides is 1. The molecule has 0 unspecified atom stereocenters. The predicted molar refractivity (Wildman–Crippen MR) is 95.4 cm³/mol. The number of aromatic carboxylic acids is 1. The van der Waals surface area contributed by atoms with E-state index in [1.54, 1.807) is 22.9 Å². The van der Waals surface area contributed by atoms with Gasteiger partial charge in [0.05, 0.1) is 22.0 Å². The average Bonchev–Trinajstić information content (AvgIpc) is 3.25. The molecule has 0 atom stereocenters. The largest absolute Gasteiger partial charge is 0.477 e. The SMILES string of the molecule is CS(=O)(=O)NC(=O)c1cc(C(=O)O)n(Cc2cc(-c3ccc(Cl)s3)on2)n1. The number of carbonyl (C=O) groups excluding carboxylic acids is 1. The molecule has 3 rings (SSSR count). The number of nitrogens with one attached hydrogen (secondary N) is 1. The third-order valence-electron chi connectivity index (χ3n) is 3.20. The van der Waals surface area contributed by atoms with E-state index in [1.165, 1.54) is 11.3 Å². The predicted octanol–water partition coefficient (Wildman–Crippen LogP) is 1.69. The summed E-state index contributed by atoms with van der Waals surface area (Å²) in [5.74, 6) is -1.93. The van der Waals surface area contributed by atoms with Crippen molar-refractivity contribution >= 4 is 44.8 Å². The van der Waals surface area contributed by atoms with Gasteiger partial charge >= 0.3 is 5.97 Å². The summed E-state index contributed by atoms with van der Waals surface area (Å²) in [5.41, 5.74) is -0.306. The number of hydrogen-bond acceptors (Lipinski definition) is 8. The summed E-state index contributed by atoms with van der Waals surface area (Å²) in [6.45, 7) is -0.101. The molecule has 27 heavy (non-hydrogen) atoms. The first kappa shape index (κ1) is 19.1. The minimum Gasteiger partial charge on any atom is -0.477 e. The lowest BCUT2D eigenvalue weighted by Crippen LogP contribution is -2.29. The van der Waals surface area contributed by atoms with E-state index in [0.29, 0.717) is 15.8 Å². The smallest absolute Gasteiger partial charge is 0.354 e. The Kier molecular flexibility index (Phi) is 5.04. The van der Waals surface area contributed by atoms with E-state index in [0.717, 1.165) is 21.9 Å². The molecule has 3 heterocycles. The Hall–Kier alpha value is -2.70. The van der Waals surface area contributed by atoms with Crippen molar-refractivity contribution in [2.24, 2.45) is 0 Å². The highest BCUT2D eigenvalue weighted by Gasteiger charge is 2.21. The Morgan fingerprint density at radius 2 is 2.11 bits per heavy atom.